The number of carbonyl (C=O) groups excluding carboxylic acids is 2. The third-order valence-corrected chi connectivity index (χ3v) is 9.53. The minimum Gasteiger partial charge on any atom is -0.481 e. The number of hydrogen-bond donors (Lipinski definition) is 1. The molecule has 11 heteroatoms. The van der Waals surface area contributed by atoms with Crippen LogP contribution in [0.25, 0.3) is 22.4 Å². The van der Waals surface area contributed by atoms with Gasteiger partial charge in [-0.05, 0) is 67.9 Å². The second kappa shape index (κ2) is 12.5. The van der Waals surface area contributed by atoms with Crippen LogP contribution in [-0.4, -0.2) is 45.4 Å². The Bertz CT molecular complexity index is 1520. The van der Waals surface area contributed by atoms with Crippen molar-refractivity contribution in [3.63, 3.8) is 0 Å². The Morgan fingerprint density at radius 3 is 2.51 bits per heavy atom. The number of rotatable bonds is 10. The van der Waals surface area contributed by atoms with Crippen molar-refractivity contribution in [2.24, 2.45) is 11.8 Å². The molecule has 3 aliphatic rings. The summed E-state index contributed by atoms with van der Waals surface area (Å²) in [6.45, 7) is 0.601. The number of carboxylic acid groups (broad SMARTS) is 1. The first-order valence-electron chi connectivity index (χ1n) is 15.1. The standard InChI is InChI=1S/C32H34F2N4O4S/c33-22-9-12-24(20-8-13-26(35-18-20)37-14-4-3-7-27(37)39)25(17-22)29-30(34)43-32(36-29)38(23-10-11-23)31(42)21(16-28(40)41)15-19-5-1-2-6-19/h8-9,12-13,17-19,21,23H,1-7,10-11,14-16H2,(H,40,41). The molecule has 8 nitrogen and oxygen atoms in total. The number of thiazole rings is 1. The number of anilines is 2. The number of aliphatic carboxylic acids is 1. The Morgan fingerprint density at radius 1 is 1.05 bits per heavy atom. The Kier molecular flexibility index (Phi) is 8.52. The van der Waals surface area contributed by atoms with E-state index in [-0.39, 0.29) is 40.7 Å². The molecule has 2 amide bonds. The minimum absolute atomic E-state index is 0.0228. The van der Waals surface area contributed by atoms with Crippen LogP contribution in [0, 0.1) is 22.8 Å². The molecule has 6 rings (SSSR count). The van der Waals surface area contributed by atoms with Crippen LogP contribution in [0.15, 0.2) is 36.5 Å². The molecule has 0 radical (unpaired) electrons. The normalized spacial score (nSPS) is 18.2. The van der Waals surface area contributed by atoms with Crippen LogP contribution in [0.2, 0.25) is 0 Å². The zero-order valence-corrected chi connectivity index (χ0v) is 24.6. The van der Waals surface area contributed by atoms with Crippen LogP contribution in [0.4, 0.5) is 19.7 Å². The van der Waals surface area contributed by atoms with E-state index in [1.54, 1.807) is 29.3 Å². The summed E-state index contributed by atoms with van der Waals surface area (Å²) in [7, 11) is 0. The maximum absolute atomic E-state index is 15.7. The number of hydrogen-bond acceptors (Lipinski definition) is 6. The average molecular weight is 609 g/mol. The Hall–Kier alpha value is -3.73. The first-order valence-corrected chi connectivity index (χ1v) is 15.9. The molecule has 43 heavy (non-hydrogen) atoms. The lowest BCUT2D eigenvalue weighted by Gasteiger charge is -2.26. The lowest BCUT2D eigenvalue weighted by molar-refractivity contribution is -0.141. The molecule has 0 bridgehead atoms. The smallest absolute Gasteiger partial charge is 0.304 e. The first-order chi connectivity index (χ1) is 20.8. The molecule has 2 saturated carbocycles. The van der Waals surface area contributed by atoms with Gasteiger partial charge in [0.25, 0.3) is 0 Å². The van der Waals surface area contributed by atoms with Crippen molar-refractivity contribution in [3.05, 3.63) is 47.5 Å². The number of halogens is 2. The predicted octanol–water partition coefficient (Wildman–Crippen LogP) is 6.83. The highest BCUT2D eigenvalue weighted by molar-refractivity contribution is 7.14. The Morgan fingerprint density at radius 2 is 1.84 bits per heavy atom. The van der Waals surface area contributed by atoms with Crippen LogP contribution in [0.1, 0.15) is 70.6 Å². The van der Waals surface area contributed by atoms with Crippen LogP contribution in [0.3, 0.4) is 0 Å². The molecule has 3 fully saturated rings. The second-order valence-corrected chi connectivity index (χ2v) is 12.8. The van der Waals surface area contributed by atoms with Gasteiger partial charge in [-0.25, -0.2) is 14.4 Å². The predicted molar refractivity (Wildman–Crippen MR) is 160 cm³/mol. The maximum Gasteiger partial charge on any atom is 0.304 e. The molecular formula is C32H34F2N4O4S. The number of piperidine rings is 1. The summed E-state index contributed by atoms with van der Waals surface area (Å²) >= 11 is 0.722. The van der Waals surface area contributed by atoms with Crippen LogP contribution >= 0.6 is 11.3 Å². The lowest BCUT2D eigenvalue weighted by Crippen LogP contribution is -2.39. The van der Waals surface area contributed by atoms with Gasteiger partial charge in [-0.15, -0.1) is 0 Å². The molecule has 0 spiro atoms. The van der Waals surface area contributed by atoms with Gasteiger partial charge in [-0.1, -0.05) is 43.1 Å². The van der Waals surface area contributed by atoms with Crippen molar-refractivity contribution in [3.8, 4) is 22.4 Å². The maximum atomic E-state index is 15.7. The molecule has 226 valence electrons. The van der Waals surface area contributed by atoms with E-state index < -0.39 is 22.8 Å². The molecule has 1 saturated heterocycles. The summed E-state index contributed by atoms with van der Waals surface area (Å²) in [5.74, 6) is -1.78. The van der Waals surface area contributed by atoms with Gasteiger partial charge in [0.05, 0.1) is 6.42 Å². The zero-order chi connectivity index (χ0) is 30.1. The summed E-state index contributed by atoms with van der Waals surface area (Å²) < 4.78 is 30.2. The van der Waals surface area contributed by atoms with Crippen molar-refractivity contribution in [1.29, 1.82) is 0 Å². The summed E-state index contributed by atoms with van der Waals surface area (Å²) in [6, 6.07) is 7.38. The van der Waals surface area contributed by atoms with E-state index in [9.17, 15) is 23.9 Å². The van der Waals surface area contributed by atoms with Crippen molar-refractivity contribution in [1.82, 2.24) is 9.97 Å². The van der Waals surface area contributed by atoms with Gasteiger partial charge < -0.3 is 5.11 Å². The fourth-order valence-corrected chi connectivity index (χ4v) is 7.25. The topological polar surface area (TPSA) is 104 Å². The van der Waals surface area contributed by atoms with Crippen molar-refractivity contribution >= 4 is 40.1 Å². The number of carboxylic acids is 1. The van der Waals surface area contributed by atoms with Gasteiger partial charge >= 0.3 is 5.97 Å². The lowest BCUT2D eigenvalue weighted by atomic mass is 9.90. The quantitative estimate of drug-likeness (QED) is 0.271. The Balaban J connectivity index is 1.31. The second-order valence-electron chi connectivity index (χ2n) is 11.8. The fraction of sp³-hybridized carbons (Fsp3) is 0.469. The van der Waals surface area contributed by atoms with Crippen molar-refractivity contribution in [2.75, 3.05) is 16.3 Å². The van der Waals surface area contributed by atoms with E-state index in [0.29, 0.717) is 42.2 Å². The molecule has 1 aromatic carbocycles. The monoisotopic (exact) mass is 608 g/mol. The molecule has 1 N–H and O–H groups in total. The third kappa shape index (κ3) is 6.46. The third-order valence-electron chi connectivity index (χ3n) is 8.69. The summed E-state index contributed by atoms with van der Waals surface area (Å²) in [5.41, 5.74) is 1.26. The molecule has 2 aliphatic carbocycles. The van der Waals surface area contributed by atoms with Gasteiger partial charge in [0.15, 0.2) is 5.13 Å². The van der Waals surface area contributed by atoms with Crippen molar-refractivity contribution in [2.45, 2.75) is 76.7 Å². The van der Waals surface area contributed by atoms with Crippen molar-refractivity contribution < 1.29 is 28.3 Å². The highest BCUT2D eigenvalue weighted by Crippen LogP contribution is 2.42. The molecule has 1 atom stereocenters. The number of amides is 2. The number of carbonyl (C=O) groups is 3. The van der Waals surface area contributed by atoms with Gasteiger partial charge in [0, 0.05) is 42.2 Å². The molecular weight excluding hydrogens is 574 g/mol. The van der Waals surface area contributed by atoms with Gasteiger partial charge in [-0.3, -0.25) is 24.2 Å². The number of pyridine rings is 1. The Labute approximate surface area is 252 Å². The largest absolute Gasteiger partial charge is 0.481 e. The van der Waals surface area contributed by atoms with E-state index in [0.717, 1.165) is 62.7 Å². The average Bonchev–Trinajstić information content (AvgIpc) is 3.54. The highest BCUT2D eigenvalue weighted by Gasteiger charge is 2.40. The number of aromatic nitrogens is 2. The number of nitrogens with zero attached hydrogens (tertiary/aromatic N) is 4. The van der Waals surface area contributed by atoms with E-state index >= 15 is 4.39 Å². The van der Waals surface area contributed by atoms with Gasteiger partial charge in [0.2, 0.25) is 16.9 Å². The highest BCUT2D eigenvalue weighted by atomic mass is 32.1. The molecule has 3 heterocycles. The van der Waals surface area contributed by atoms with Crippen LogP contribution in [0.5, 0.6) is 0 Å². The molecule has 1 unspecified atom stereocenters. The molecule has 3 aromatic rings. The van der Waals surface area contributed by atoms with E-state index in [2.05, 4.69) is 9.97 Å². The first kappa shape index (κ1) is 29.3. The van der Waals surface area contributed by atoms with Gasteiger partial charge in [-0.2, -0.15) is 4.39 Å². The fourth-order valence-electron chi connectivity index (χ4n) is 6.37. The van der Waals surface area contributed by atoms with E-state index in [4.69, 9.17) is 0 Å². The SMILES string of the molecule is O=C(O)CC(CC1CCCC1)C(=O)N(c1nc(-c2cc(F)ccc2-c2ccc(N3CCCCC3=O)nc2)c(F)s1)C1CC1. The summed E-state index contributed by atoms with van der Waals surface area (Å²) in [5, 5.41) is 9.08. The summed E-state index contributed by atoms with van der Waals surface area (Å²) in [6.07, 6.45) is 9.63. The molecule has 1 aliphatic heterocycles. The minimum atomic E-state index is -1.04. The van der Waals surface area contributed by atoms with Gasteiger partial charge in [0.1, 0.15) is 17.3 Å². The van der Waals surface area contributed by atoms with E-state index in [1.807, 2.05) is 0 Å². The van der Waals surface area contributed by atoms with Crippen LogP contribution in [-0.2, 0) is 14.4 Å². The molecule has 2 aromatic heterocycles. The van der Waals surface area contributed by atoms with Crippen LogP contribution < -0.4 is 9.80 Å². The number of benzene rings is 1. The zero-order valence-electron chi connectivity index (χ0n) is 23.8. The summed E-state index contributed by atoms with van der Waals surface area (Å²) in [4.78, 5) is 50.1. The van der Waals surface area contributed by atoms with E-state index in [1.165, 1.54) is 17.0 Å².